The van der Waals surface area contributed by atoms with Crippen LogP contribution in [-0.4, -0.2) is 7.05 Å². The van der Waals surface area contributed by atoms with E-state index < -0.39 is 0 Å². The normalized spacial score (nSPS) is 12.6. The van der Waals surface area contributed by atoms with Crippen LogP contribution in [0.5, 0.6) is 0 Å². The molecule has 1 heteroatoms. The number of allylic oxidation sites excluding steroid dienone is 2. The third-order valence-corrected chi connectivity index (χ3v) is 3.25. The fourth-order valence-corrected chi connectivity index (χ4v) is 2.02. The highest BCUT2D eigenvalue weighted by atomic mass is 14.8. The molecule has 0 saturated carbocycles. The SMILES string of the molecule is CCC/C(=C(/C)NC)c1ccc(C(C)C)cc1. The van der Waals surface area contributed by atoms with Gasteiger partial charge < -0.3 is 5.32 Å². The van der Waals surface area contributed by atoms with Gasteiger partial charge in [0.05, 0.1) is 0 Å². The fraction of sp³-hybridized carbons (Fsp3) is 0.500. The molecule has 0 aliphatic heterocycles. The molecule has 0 unspecified atom stereocenters. The predicted octanol–water partition coefficient (Wildman–Crippen LogP) is 4.56. The van der Waals surface area contributed by atoms with Gasteiger partial charge in [0.15, 0.2) is 0 Å². The summed E-state index contributed by atoms with van der Waals surface area (Å²) in [6.07, 6.45) is 2.31. The van der Waals surface area contributed by atoms with Gasteiger partial charge in [0.25, 0.3) is 0 Å². The minimum atomic E-state index is 0.605. The van der Waals surface area contributed by atoms with Crippen molar-refractivity contribution in [1.82, 2.24) is 5.32 Å². The molecule has 1 aromatic rings. The lowest BCUT2D eigenvalue weighted by atomic mass is 9.95. The molecule has 0 aliphatic carbocycles. The maximum absolute atomic E-state index is 3.27. The lowest BCUT2D eigenvalue weighted by molar-refractivity contribution is 0.865. The van der Waals surface area contributed by atoms with Crippen LogP contribution in [0.15, 0.2) is 30.0 Å². The van der Waals surface area contributed by atoms with Crippen LogP contribution < -0.4 is 5.32 Å². The van der Waals surface area contributed by atoms with E-state index in [1.807, 2.05) is 7.05 Å². The van der Waals surface area contributed by atoms with Crippen molar-refractivity contribution >= 4 is 5.57 Å². The molecule has 0 radical (unpaired) electrons. The number of nitrogens with one attached hydrogen (secondary N) is 1. The maximum Gasteiger partial charge on any atom is 0.0111 e. The molecular formula is C16H25N. The summed E-state index contributed by atoms with van der Waals surface area (Å²) in [4.78, 5) is 0. The molecular weight excluding hydrogens is 206 g/mol. The Balaban J connectivity index is 3.04. The largest absolute Gasteiger partial charge is 0.391 e. The Bertz CT molecular complexity index is 371. The quantitative estimate of drug-likeness (QED) is 0.783. The first-order valence-electron chi connectivity index (χ1n) is 6.58. The van der Waals surface area contributed by atoms with E-state index in [1.165, 1.54) is 28.8 Å². The van der Waals surface area contributed by atoms with Crippen LogP contribution in [0.4, 0.5) is 0 Å². The Kier molecular flexibility index (Phi) is 5.27. The highest BCUT2D eigenvalue weighted by Crippen LogP contribution is 2.24. The second kappa shape index (κ2) is 6.48. The van der Waals surface area contributed by atoms with Gasteiger partial charge in [0.2, 0.25) is 0 Å². The highest BCUT2D eigenvalue weighted by molar-refractivity contribution is 5.68. The summed E-state index contributed by atoms with van der Waals surface area (Å²) in [7, 11) is 1.99. The summed E-state index contributed by atoms with van der Waals surface area (Å²) >= 11 is 0. The van der Waals surface area contributed by atoms with E-state index in [9.17, 15) is 0 Å². The molecule has 0 aromatic heterocycles. The fourth-order valence-electron chi connectivity index (χ4n) is 2.02. The summed E-state index contributed by atoms with van der Waals surface area (Å²) in [5.74, 6) is 0.605. The van der Waals surface area contributed by atoms with Crippen LogP contribution >= 0.6 is 0 Å². The lowest BCUT2D eigenvalue weighted by Gasteiger charge is -2.13. The zero-order valence-electron chi connectivity index (χ0n) is 11.8. The topological polar surface area (TPSA) is 12.0 Å². The van der Waals surface area contributed by atoms with Crippen molar-refractivity contribution in [3.8, 4) is 0 Å². The summed E-state index contributed by atoms with van der Waals surface area (Å²) in [6, 6.07) is 9.00. The molecule has 0 spiro atoms. The molecule has 0 amide bonds. The molecule has 94 valence electrons. The smallest absolute Gasteiger partial charge is 0.0111 e. The van der Waals surface area contributed by atoms with E-state index in [2.05, 4.69) is 57.3 Å². The van der Waals surface area contributed by atoms with Crippen molar-refractivity contribution < 1.29 is 0 Å². The van der Waals surface area contributed by atoms with Crippen LogP contribution in [0.2, 0.25) is 0 Å². The molecule has 0 bridgehead atoms. The molecule has 0 aliphatic rings. The molecule has 17 heavy (non-hydrogen) atoms. The Morgan fingerprint density at radius 1 is 1.18 bits per heavy atom. The van der Waals surface area contributed by atoms with Crippen molar-refractivity contribution in [1.29, 1.82) is 0 Å². The van der Waals surface area contributed by atoms with Crippen LogP contribution in [0, 0.1) is 0 Å². The highest BCUT2D eigenvalue weighted by Gasteiger charge is 2.05. The van der Waals surface area contributed by atoms with Crippen LogP contribution in [0.25, 0.3) is 5.57 Å². The molecule has 0 atom stereocenters. The lowest BCUT2D eigenvalue weighted by Crippen LogP contribution is -2.05. The first-order valence-corrected chi connectivity index (χ1v) is 6.58. The van der Waals surface area contributed by atoms with Crippen molar-refractivity contribution in [2.24, 2.45) is 0 Å². The average Bonchev–Trinajstić information content (AvgIpc) is 2.35. The van der Waals surface area contributed by atoms with Gasteiger partial charge in [-0.3, -0.25) is 0 Å². The van der Waals surface area contributed by atoms with E-state index >= 15 is 0 Å². The molecule has 1 nitrogen and oxygen atoms in total. The number of rotatable bonds is 5. The van der Waals surface area contributed by atoms with Crippen LogP contribution in [0.1, 0.15) is 57.6 Å². The Labute approximate surface area is 106 Å². The molecule has 1 aromatic carbocycles. The van der Waals surface area contributed by atoms with Gasteiger partial charge in [0, 0.05) is 12.7 Å². The summed E-state index contributed by atoms with van der Waals surface area (Å²) in [5.41, 5.74) is 5.48. The minimum absolute atomic E-state index is 0.605. The molecule has 1 N–H and O–H groups in total. The summed E-state index contributed by atoms with van der Waals surface area (Å²) < 4.78 is 0. The first kappa shape index (κ1) is 13.8. The van der Waals surface area contributed by atoms with E-state index in [0.717, 1.165) is 6.42 Å². The van der Waals surface area contributed by atoms with Crippen molar-refractivity contribution in [2.45, 2.75) is 46.5 Å². The van der Waals surface area contributed by atoms with Crippen molar-refractivity contribution in [3.05, 3.63) is 41.1 Å². The Morgan fingerprint density at radius 3 is 2.18 bits per heavy atom. The van der Waals surface area contributed by atoms with Gasteiger partial charge in [-0.25, -0.2) is 0 Å². The minimum Gasteiger partial charge on any atom is -0.391 e. The third-order valence-electron chi connectivity index (χ3n) is 3.25. The monoisotopic (exact) mass is 231 g/mol. The summed E-state index contributed by atoms with van der Waals surface area (Å²) in [6.45, 7) is 8.85. The van der Waals surface area contributed by atoms with Crippen LogP contribution in [0.3, 0.4) is 0 Å². The number of hydrogen-bond acceptors (Lipinski definition) is 1. The van der Waals surface area contributed by atoms with Gasteiger partial charge in [-0.15, -0.1) is 0 Å². The predicted molar refractivity (Wildman–Crippen MR) is 77.1 cm³/mol. The van der Waals surface area contributed by atoms with E-state index in [-0.39, 0.29) is 0 Å². The van der Waals surface area contributed by atoms with Gasteiger partial charge in [-0.1, -0.05) is 51.5 Å². The second-order valence-electron chi connectivity index (χ2n) is 4.88. The van der Waals surface area contributed by atoms with Crippen molar-refractivity contribution in [3.63, 3.8) is 0 Å². The Hall–Kier alpha value is -1.24. The zero-order valence-corrected chi connectivity index (χ0v) is 11.8. The molecule has 0 saturated heterocycles. The van der Waals surface area contributed by atoms with E-state index in [1.54, 1.807) is 0 Å². The van der Waals surface area contributed by atoms with Crippen LogP contribution in [-0.2, 0) is 0 Å². The first-order chi connectivity index (χ1) is 8.10. The van der Waals surface area contributed by atoms with E-state index in [0.29, 0.717) is 5.92 Å². The Morgan fingerprint density at radius 2 is 1.76 bits per heavy atom. The van der Waals surface area contributed by atoms with Crippen molar-refractivity contribution in [2.75, 3.05) is 7.05 Å². The number of benzene rings is 1. The molecule has 1 rings (SSSR count). The zero-order chi connectivity index (χ0) is 12.8. The summed E-state index contributed by atoms with van der Waals surface area (Å²) in [5, 5.41) is 3.27. The van der Waals surface area contributed by atoms with E-state index in [4.69, 9.17) is 0 Å². The maximum atomic E-state index is 3.27. The molecule has 0 heterocycles. The number of hydrogen-bond donors (Lipinski definition) is 1. The van der Waals surface area contributed by atoms with Gasteiger partial charge in [-0.2, -0.15) is 0 Å². The van der Waals surface area contributed by atoms with Gasteiger partial charge in [-0.05, 0) is 36.0 Å². The molecule has 0 fully saturated rings. The van der Waals surface area contributed by atoms with Gasteiger partial charge >= 0.3 is 0 Å². The van der Waals surface area contributed by atoms with Gasteiger partial charge in [0.1, 0.15) is 0 Å². The standard InChI is InChI=1S/C16H25N/c1-6-7-16(13(4)17-5)15-10-8-14(9-11-15)12(2)3/h8-12,17H,6-7H2,1-5H3/b16-13+. The average molecular weight is 231 g/mol. The second-order valence-corrected chi connectivity index (χ2v) is 4.88. The third kappa shape index (κ3) is 3.62.